The molecule has 7 nitrogen and oxygen atoms in total. The molecule has 0 saturated carbocycles. The van der Waals surface area contributed by atoms with Crippen LogP contribution in [0.15, 0.2) is 53.9 Å². The van der Waals surface area contributed by atoms with E-state index < -0.39 is 0 Å². The van der Waals surface area contributed by atoms with Crippen molar-refractivity contribution in [3.8, 4) is 5.69 Å². The van der Waals surface area contributed by atoms with Crippen LogP contribution in [0, 0.1) is 11.7 Å². The maximum Gasteiger partial charge on any atom is 0.193 e. The van der Waals surface area contributed by atoms with Crippen LogP contribution in [-0.2, 0) is 19.9 Å². The number of hydrogen-bond acceptors (Lipinski definition) is 3. The van der Waals surface area contributed by atoms with Crippen LogP contribution >= 0.6 is 24.0 Å². The molecule has 3 heterocycles. The van der Waals surface area contributed by atoms with Gasteiger partial charge in [-0.1, -0.05) is 0 Å². The minimum Gasteiger partial charge on any atom is -0.356 e. The zero-order chi connectivity index (χ0) is 20.9. The fourth-order valence-corrected chi connectivity index (χ4v) is 3.97. The van der Waals surface area contributed by atoms with E-state index in [0.29, 0.717) is 5.92 Å². The van der Waals surface area contributed by atoms with E-state index in [-0.39, 0.29) is 29.8 Å². The molecule has 0 radical (unpaired) electrons. The second-order valence-electron chi connectivity index (χ2n) is 7.78. The van der Waals surface area contributed by atoms with Crippen LogP contribution in [0.2, 0.25) is 0 Å². The number of hydrogen-bond donors (Lipinski definition) is 1. The van der Waals surface area contributed by atoms with Gasteiger partial charge in [-0.05, 0) is 54.7 Å². The first kappa shape index (κ1) is 23.2. The Labute approximate surface area is 199 Å². The normalized spacial score (nSPS) is 16.4. The smallest absolute Gasteiger partial charge is 0.193 e. The highest BCUT2D eigenvalue weighted by Gasteiger charge is 2.25. The van der Waals surface area contributed by atoms with Gasteiger partial charge in [0.1, 0.15) is 5.82 Å². The molecule has 1 unspecified atom stereocenters. The van der Waals surface area contributed by atoms with E-state index in [2.05, 4.69) is 31.6 Å². The van der Waals surface area contributed by atoms with Crippen molar-refractivity contribution in [2.75, 3.05) is 26.7 Å². The van der Waals surface area contributed by atoms with Crippen molar-refractivity contribution in [2.45, 2.75) is 19.3 Å². The van der Waals surface area contributed by atoms with Crippen LogP contribution in [0.5, 0.6) is 0 Å². The van der Waals surface area contributed by atoms with Gasteiger partial charge < -0.3 is 10.2 Å². The third-order valence-corrected chi connectivity index (χ3v) is 5.48. The average molecular weight is 537 g/mol. The highest BCUT2D eigenvalue weighted by atomic mass is 127. The molecular formula is C22H29FIN7. The van der Waals surface area contributed by atoms with Crippen LogP contribution in [0.25, 0.3) is 5.69 Å². The summed E-state index contributed by atoms with van der Waals surface area (Å²) in [5, 5.41) is 12.3. The predicted molar refractivity (Wildman–Crippen MR) is 131 cm³/mol. The molecule has 0 bridgehead atoms. The number of nitrogens with one attached hydrogen (secondary N) is 1. The first-order chi connectivity index (χ1) is 14.6. The summed E-state index contributed by atoms with van der Waals surface area (Å²) in [6.45, 7) is 2.79. The molecular weight excluding hydrogens is 508 g/mol. The standard InChI is InChI=1S/C22H28FN7.HI/c1-24-22(29-11-8-17(16-29)13-18-14-26-28(2)15-18)25-10-7-20-9-12-30(27-20)21-5-3-19(23)4-6-21;/h3-6,9,12,14-15,17H,7-8,10-11,13,16H2,1-2H3,(H,24,25);1H. The third-order valence-electron chi connectivity index (χ3n) is 5.48. The largest absolute Gasteiger partial charge is 0.356 e. The third kappa shape index (κ3) is 6.05. The van der Waals surface area contributed by atoms with Crippen molar-refractivity contribution in [1.82, 2.24) is 29.8 Å². The molecule has 31 heavy (non-hydrogen) atoms. The van der Waals surface area contributed by atoms with Gasteiger partial charge in [-0.2, -0.15) is 10.2 Å². The molecule has 2 aromatic heterocycles. The van der Waals surface area contributed by atoms with Gasteiger partial charge in [-0.25, -0.2) is 9.07 Å². The fourth-order valence-electron chi connectivity index (χ4n) is 3.97. The van der Waals surface area contributed by atoms with Gasteiger partial charge in [0.25, 0.3) is 0 Å². The molecule has 0 aliphatic carbocycles. The summed E-state index contributed by atoms with van der Waals surface area (Å²) in [5.74, 6) is 1.33. The predicted octanol–water partition coefficient (Wildman–Crippen LogP) is 3.05. The molecule has 1 N–H and O–H groups in total. The Morgan fingerprint density at radius 3 is 2.77 bits per heavy atom. The summed E-state index contributed by atoms with van der Waals surface area (Å²) in [6, 6.07) is 8.33. The summed E-state index contributed by atoms with van der Waals surface area (Å²) in [5.41, 5.74) is 3.13. The lowest BCUT2D eigenvalue weighted by Gasteiger charge is -2.21. The second kappa shape index (κ2) is 10.7. The zero-order valence-electron chi connectivity index (χ0n) is 17.9. The number of aromatic nitrogens is 4. The van der Waals surface area contributed by atoms with Crippen molar-refractivity contribution < 1.29 is 4.39 Å². The number of rotatable bonds is 6. The van der Waals surface area contributed by atoms with Crippen molar-refractivity contribution in [2.24, 2.45) is 18.0 Å². The average Bonchev–Trinajstić information content (AvgIpc) is 3.48. The molecule has 1 fully saturated rings. The van der Waals surface area contributed by atoms with E-state index in [0.717, 1.165) is 56.2 Å². The van der Waals surface area contributed by atoms with E-state index in [1.807, 2.05) is 37.2 Å². The lowest BCUT2D eigenvalue weighted by Crippen LogP contribution is -2.41. The number of likely N-dealkylation sites (tertiary alicyclic amines) is 1. The molecule has 9 heteroatoms. The van der Waals surface area contributed by atoms with Gasteiger partial charge >= 0.3 is 0 Å². The molecule has 166 valence electrons. The fraction of sp³-hybridized carbons (Fsp3) is 0.409. The maximum absolute atomic E-state index is 13.1. The minimum absolute atomic E-state index is 0. The molecule has 1 atom stereocenters. The molecule has 1 saturated heterocycles. The van der Waals surface area contributed by atoms with Crippen LogP contribution < -0.4 is 5.32 Å². The number of benzene rings is 1. The van der Waals surface area contributed by atoms with Crippen LogP contribution in [0.1, 0.15) is 17.7 Å². The van der Waals surface area contributed by atoms with Crippen LogP contribution in [0.4, 0.5) is 4.39 Å². The van der Waals surface area contributed by atoms with Crippen LogP contribution in [-0.4, -0.2) is 57.1 Å². The molecule has 1 aromatic carbocycles. The van der Waals surface area contributed by atoms with Crippen molar-refractivity contribution in [1.29, 1.82) is 0 Å². The number of guanidine groups is 1. The Morgan fingerprint density at radius 2 is 2.06 bits per heavy atom. The summed E-state index contributed by atoms with van der Waals surface area (Å²) in [6.07, 6.45) is 8.97. The Hall–Kier alpha value is -2.43. The van der Waals surface area contributed by atoms with Crippen LogP contribution in [0.3, 0.4) is 0 Å². The molecule has 3 aromatic rings. The summed E-state index contributed by atoms with van der Waals surface area (Å²) in [4.78, 5) is 6.79. The van der Waals surface area contributed by atoms with Gasteiger partial charge in [0.2, 0.25) is 0 Å². The zero-order valence-corrected chi connectivity index (χ0v) is 20.2. The van der Waals surface area contributed by atoms with Gasteiger partial charge in [-0.3, -0.25) is 9.67 Å². The van der Waals surface area contributed by atoms with Crippen molar-refractivity contribution in [3.05, 3.63) is 66.0 Å². The Kier molecular flexibility index (Phi) is 8.05. The van der Waals surface area contributed by atoms with Crippen molar-refractivity contribution >= 4 is 29.9 Å². The van der Waals surface area contributed by atoms with E-state index >= 15 is 0 Å². The van der Waals surface area contributed by atoms with E-state index in [4.69, 9.17) is 0 Å². The monoisotopic (exact) mass is 537 g/mol. The molecule has 0 amide bonds. The maximum atomic E-state index is 13.1. The highest BCUT2D eigenvalue weighted by molar-refractivity contribution is 14.0. The van der Waals surface area contributed by atoms with E-state index in [9.17, 15) is 4.39 Å². The topological polar surface area (TPSA) is 63.3 Å². The quantitative estimate of drug-likeness (QED) is 0.299. The first-order valence-corrected chi connectivity index (χ1v) is 10.3. The SMILES string of the molecule is CN=C(NCCc1ccn(-c2ccc(F)cc2)n1)N1CCC(Cc2cnn(C)c2)C1.I. The lowest BCUT2D eigenvalue weighted by molar-refractivity contribution is 0.460. The van der Waals surface area contributed by atoms with E-state index in [1.165, 1.54) is 17.7 Å². The van der Waals surface area contributed by atoms with Gasteiger partial charge in [0.15, 0.2) is 5.96 Å². The highest BCUT2D eigenvalue weighted by Crippen LogP contribution is 2.20. The van der Waals surface area contributed by atoms with Gasteiger partial charge in [0.05, 0.1) is 17.6 Å². The molecule has 1 aliphatic rings. The van der Waals surface area contributed by atoms with Gasteiger partial charge in [0, 0.05) is 52.5 Å². The van der Waals surface area contributed by atoms with Crippen molar-refractivity contribution in [3.63, 3.8) is 0 Å². The minimum atomic E-state index is -0.244. The summed E-state index contributed by atoms with van der Waals surface area (Å²) >= 11 is 0. The second-order valence-corrected chi connectivity index (χ2v) is 7.78. The summed E-state index contributed by atoms with van der Waals surface area (Å²) in [7, 11) is 3.79. The lowest BCUT2D eigenvalue weighted by atomic mass is 10.0. The summed E-state index contributed by atoms with van der Waals surface area (Å²) < 4.78 is 16.7. The Bertz CT molecular complexity index is 995. The van der Waals surface area contributed by atoms with Gasteiger partial charge in [-0.15, -0.1) is 24.0 Å². The molecule has 1 aliphatic heterocycles. The molecule has 4 rings (SSSR count). The molecule has 0 spiro atoms. The first-order valence-electron chi connectivity index (χ1n) is 10.3. The number of nitrogens with zero attached hydrogens (tertiary/aromatic N) is 6. The Balaban J connectivity index is 0.00000272. The number of aryl methyl sites for hydroxylation is 1. The number of aliphatic imine (C=N–C) groups is 1. The Morgan fingerprint density at radius 1 is 1.26 bits per heavy atom. The number of halogens is 2. The van der Waals surface area contributed by atoms with E-state index in [1.54, 1.807) is 16.8 Å².